The van der Waals surface area contributed by atoms with Crippen LogP contribution < -0.4 is 10.1 Å². The number of carbonyl (C=O) groups is 1. The van der Waals surface area contributed by atoms with Gasteiger partial charge >= 0.3 is 5.97 Å². The Kier molecular flexibility index (Phi) is 8.08. The van der Waals surface area contributed by atoms with Gasteiger partial charge in [0.05, 0.1) is 19.8 Å². The van der Waals surface area contributed by atoms with Crippen molar-refractivity contribution in [1.29, 1.82) is 0 Å². The van der Waals surface area contributed by atoms with Gasteiger partial charge in [-0.15, -0.1) is 0 Å². The van der Waals surface area contributed by atoms with Crippen LogP contribution in [0.15, 0.2) is 35.6 Å². The van der Waals surface area contributed by atoms with Crippen LogP contribution in [0.5, 0.6) is 5.75 Å². The van der Waals surface area contributed by atoms with E-state index in [-0.39, 0.29) is 24.5 Å². The molecule has 2 unspecified atom stereocenters. The summed E-state index contributed by atoms with van der Waals surface area (Å²) in [6.07, 6.45) is 1.34. The first-order valence-corrected chi connectivity index (χ1v) is 9.86. The second kappa shape index (κ2) is 10.5. The highest BCUT2D eigenvalue weighted by molar-refractivity contribution is 5.88. The molecular weight excluding hydrogens is 374 g/mol. The first-order valence-electron chi connectivity index (χ1n) is 9.86. The Bertz CT molecular complexity index is 805. The normalized spacial score (nSPS) is 18.9. The Hall–Kier alpha value is -3.01. The fourth-order valence-electron chi connectivity index (χ4n) is 3.70. The van der Waals surface area contributed by atoms with Gasteiger partial charge in [-0.3, -0.25) is 4.79 Å². The average Bonchev–Trinajstić information content (AvgIpc) is 3.17. The summed E-state index contributed by atoms with van der Waals surface area (Å²) in [6, 6.07) is 6.14. The first-order chi connectivity index (χ1) is 14.1. The van der Waals surface area contributed by atoms with Crippen LogP contribution >= 0.6 is 0 Å². The summed E-state index contributed by atoms with van der Waals surface area (Å²) < 4.78 is 16.3. The molecule has 1 aromatic rings. The molecule has 1 saturated carbocycles. The van der Waals surface area contributed by atoms with Crippen molar-refractivity contribution < 1.29 is 28.6 Å². The number of nitrogens with one attached hydrogen (secondary N) is 1. The molecule has 1 N–H and O–H groups in total. The summed E-state index contributed by atoms with van der Waals surface area (Å²) in [6.45, 7) is 6.22. The van der Waals surface area contributed by atoms with E-state index in [1.807, 2.05) is 12.9 Å². The molecule has 1 aromatic carbocycles. The molecule has 0 spiro atoms. The highest BCUT2D eigenvalue weighted by Crippen LogP contribution is 2.48. The van der Waals surface area contributed by atoms with Gasteiger partial charge in [-0.05, 0) is 64.3 Å². The van der Waals surface area contributed by atoms with Crippen LogP contribution in [-0.4, -0.2) is 43.7 Å². The lowest BCUT2D eigenvalue weighted by Gasteiger charge is -2.36. The van der Waals surface area contributed by atoms with E-state index in [0.717, 1.165) is 0 Å². The maximum Gasteiger partial charge on any atom is 0.319 e. The lowest BCUT2D eigenvalue weighted by molar-refractivity contribution is -0.153. The fraction of sp³-hybridized carbons (Fsp3) is 0.500. The van der Waals surface area contributed by atoms with Crippen molar-refractivity contribution >= 4 is 23.5 Å². The second-order valence-corrected chi connectivity index (χ2v) is 6.56. The topological polar surface area (TPSA) is 90.9 Å². The van der Waals surface area contributed by atoms with Crippen molar-refractivity contribution in [2.75, 3.05) is 25.1 Å². The molecule has 0 heterocycles. The quantitative estimate of drug-likeness (QED) is 0.366. The third-order valence-corrected chi connectivity index (χ3v) is 4.93. The summed E-state index contributed by atoms with van der Waals surface area (Å²) in [4.78, 5) is 36.5. The van der Waals surface area contributed by atoms with Crippen molar-refractivity contribution in [3.63, 3.8) is 0 Å². The van der Waals surface area contributed by atoms with Crippen molar-refractivity contribution in [3.05, 3.63) is 35.6 Å². The van der Waals surface area contributed by atoms with Crippen LogP contribution in [0.1, 0.15) is 40.0 Å². The molecule has 2 atom stereocenters. The minimum absolute atomic E-state index is 0.0795. The van der Waals surface area contributed by atoms with Gasteiger partial charge < -0.3 is 19.5 Å². The molecular formula is C22H27NO6. The van der Waals surface area contributed by atoms with Crippen LogP contribution in [0.2, 0.25) is 0 Å². The van der Waals surface area contributed by atoms with Gasteiger partial charge in [0.2, 0.25) is 5.76 Å². The lowest BCUT2D eigenvalue weighted by atomic mass is 9.74. The number of rotatable bonds is 10. The van der Waals surface area contributed by atoms with Gasteiger partial charge in [0.15, 0.2) is 5.94 Å². The Morgan fingerprint density at radius 3 is 2.34 bits per heavy atom. The van der Waals surface area contributed by atoms with Crippen LogP contribution in [0.4, 0.5) is 5.69 Å². The number of esters is 1. The zero-order chi connectivity index (χ0) is 21.3. The van der Waals surface area contributed by atoms with E-state index in [4.69, 9.17) is 14.2 Å². The van der Waals surface area contributed by atoms with Crippen LogP contribution in [0.3, 0.4) is 0 Å². The summed E-state index contributed by atoms with van der Waals surface area (Å²) in [5.74, 6) is 3.76. The maximum atomic E-state index is 13.1. The largest absolute Gasteiger partial charge is 0.494 e. The average molecular weight is 401 g/mol. The van der Waals surface area contributed by atoms with Crippen molar-refractivity contribution in [2.24, 2.45) is 5.41 Å². The number of hydrogen-bond donors (Lipinski definition) is 1. The monoisotopic (exact) mass is 401 g/mol. The van der Waals surface area contributed by atoms with E-state index in [0.29, 0.717) is 37.3 Å². The predicted molar refractivity (Wildman–Crippen MR) is 108 cm³/mol. The van der Waals surface area contributed by atoms with E-state index >= 15 is 0 Å². The third-order valence-electron chi connectivity index (χ3n) is 4.93. The molecule has 0 saturated heterocycles. The molecule has 29 heavy (non-hydrogen) atoms. The number of carbonyl (C=O) groups excluding carboxylic acids is 3. The van der Waals surface area contributed by atoms with Crippen molar-refractivity contribution in [2.45, 2.75) is 46.1 Å². The fourth-order valence-corrected chi connectivity index (χ4v) is 3.70. The number of anilines is 1. The number of ether oxygens (including phenoxy) is 3. The minimum Gasteiger partial charge on any atom is -0.494 e. The zero-order valence-corrected chi connectivity index (χ0v) is 17.1. The predicted octanol–water partition coefficient (Wildman–Crippen LogP) is 3.11. The molecule has 1 fully saturated rings. The van der Waals surface area contributed by atoms with Gasteiger partial charge in [-0.25, -0.2) is 9.59 Å². The molecule has 0 radical (unpaired) electrons. The zero-order valence-electron chi connectivity index (χ0n) is 17.1. The highest BCUT2D eigenvalue weighted by Gasteiger charge is 2.56. The molecule has 1 aliphatic carbocycles. The standard InChI is InChI=1S/C22H27NO6/c1-4-27-18-11-9-17(10-12-18)23-20(19(15-25)28-5-2)22(21(26)29-6-3)13-7-8-16(22)14-24/h9-12,20,23H,4-8,13H2,1-3H3. The molecule has 7 nitrogen and oxygen atoms in total. The molecule has 0 amide bonds. The van der Waals surface area contributed by atoms with Gasteiger partial charge in [0, 0.05) is 11.3 Å². The SMILES string of the molecule is CCOC(=O)C1(C(Nc2ccc(OCC)cc2)C(=C=O)OCC)CCCC1=C=O. The van der Waals surface area contributed by atoms with Gasteiger partial charge in [0.1, 0.15) is 23.1 Å². The van der Waals surface area contributed by atoms with Gasteiger partial charge in [0.25, 0.3) is 0 Å². The summed E-state index contributed by atoms with van der Waals surface area (Å²) in [5, 5.41) is 3.19. The summed E-state index contributed by atoms with van der Waals surface area (Å²) in [5.41, 5.74) is -0.475. The smallest absolute Gasteiger partial charge is 0.319 e. The summed E-state index contributed by atoms with van der Waals surface area (Å²) in [7, 11) is 0. The lowest BCUT2D eigenvalue weighted by Crippen LogP contribution is -2.49. The summed E-state index contributed by atoms with van der Waals surface area (Å²) >= 11 is 0. The maximum absolute atomic E-state index is 13.1. The Labute approximate surface area is 170 Å². The van der Waals surface area contributed by atoms with E-state index < -0.39 is 17.4 Å². The Morgan fingerprint density at radius 2 is 1.79 bits per heavy atom. The second-order valence-electron chi connectivity index (χ2n) is 6.56. The minimum atomic E-state index is -1.38. The molecule has 2 rings (SSSR count). The van der Waals surface area contributed by atoms with Crippen LogP contribution in [0, 0.1) is 5.41 Å². The molecule has 1 aliphatic rings. The Balaban J connectivity index is 2.53. The number of benzene rings is 1. The van der Waals surface area contributed by atoms with Gasteiger partial charge in [-0.1, -0.05) is 0 Å². The van der Waals surface area contributed by atoms with Crippen LogP contribution in [-0.2, 0) is 23.9 Å². The van der Waals surface area contributed by atoms with E-state index in [1.54, 1.807) is 44.1 Å². The molecule has 0 bridgehead atoms. The molecule has 0 aromatic heterocycles. The highest BCUT2D eigenvalue weighted by atomic mass is 16.5. The first kappa shape index (κ1) is 22.3. The van der Waals surface area contributed by atoms with Crippen molar-refractivity contribution in [1.82, 2.24) is 0 Å². The van der Waals surface area contributed by atoms with E-state index in [2.05, 4.69) is 5.32 Å². The van der Waals surface area contributed by atoms with E-state index in [1.165, 1.54) is 0 Å². The number of hydrogen-bond acceptors (Lipinski definition) is 7. The molecule has 7 heteroatoms. The molecule has 0 aliphatic heterocycles. The molecule has 156 valence electrons. The van der Waals surface area contributed by atoms with Crippen molar-refractivity contribution in [3.8, 4) is 5.75 Å². The van der Waals surface area contributed by atoms with E-state index in [9.17, 15) is 14.4 Å². The third kappa shape index (κ3) is 4.70. The van der Waals surface area contributed by atoms with Crippen LogP contribution in [0.25, 0.3) is 0 Å². The Morgan fingerprint density at radius 1 is 1.10 bits per heavy atom. The van der Waals surface area contributed by atoms with Gasteiger partial charge in [-0.2, -0.15) is 0 Å².